The first kappa shape index (κ1) is 14.1. The highest BCUT2D eigenvalue weighted by Gasteiger charge is 2.21. The van der Waals surface area contributed by atoms with Gasteiger partial charge in [-0.3, -0.25) is 20.2 Å². The summed E-state index contributed by atoms with van der Waals surface area (Å²) in [6.07, 6.45) is 1.53. The van der Waals surface area contributed by atoms with Crippen molar-refractivity contribution >= 4 is 35.0 Å². The number of nitrogens with one attached hydrogen (secondary N) is 2. The van der Waals surface area contributed by atoms with E-state index in [2.05, 4.69) is 10.6 Å². The Hall–Kier alpha value is -2.28. The molecule has 7 heteroatoms. The van der Waals surface area contributed by atoms with Crippen LogP contribution in [0.25, 0.3) is 6.08 Å². The molecule has 1 amide bonds. The molecule has 1 aliphatic heterocycles. The van der Waals surface area contributed by atoms with Crippen molar-refractivity contribution in [2.24, 2.45) is 0 Å². The highest BCUT2D eigenvalue weighted by atomic mass is 32.1. The van der Waals surface area contributed by atoms with Crippen molar-refractivity contribution in [2.75, 3.05) is 0 Å². The van der Waals surface area contributed by atoms with Crippen LogP contribution in [-0.4, -0.2) is 15.9 Å². The predicted octanol–water partition coefficient (Wildman–Crippen LogP) is 2.06. The molecule has 2 N–H and O–H groups in total. The van der Waals surface area contributed by atoms with E-state index in [1.54, 1.807) is 12.1 Å². The number of hydrogen-bond acceptors (Lipinski definition) is 4. The van der Waals surface area contributed by atoms with Gasteiger partial charge in [0.05, 0.1) is 4.92 Å². The highest BCUT2D eigenvalue weighted by Crippen LogP contribution is 2.28. The zero-order chi connectivity index (χ0) is 14.9. The number of amides is 1. The van der Waals surface area contributed by atoms with Crippen LogP contribution in [0.5, 0.6) is 0 Å². The van der Waals surface area contributed by atoms with Gasteiger partial charge in [0.25, 0.3) is 11.6 Å². The van der Waals surface area contributed by atoms with Crippen molar-refractivity contribution in [3.63, 3.8) is 0 Å². The molecule has 1 aromatic carbocycles. The van der Waals surface area contributed by atoms with Gasteiger partial charge in [-0.2, -0.15) is 0 Å². The third-order valence-electron chi connectivity index (χ3n) is 2.90. The van der Waals surface area contributed by atoms with Crippen molar-refractivity contribution in [1.82, 2.24) is 10.6 Å². The Morgan fingerprint density at radius 2 is 2.05 bits per heavy atom. The van der Waals surface area contributed by atoms with Gasteiger partial charge in [0, 0.05) is 11.6 Å². The van der Waals surface area contributed by atoms with E-state index in [1.165, 1.54) is 12.1 Å². The van der Waals surface area contributed by atoms with Crippen molar-refractivity contribution < 1.29 is 9.72 Å². The van der Waals surface area contributed by atoms with Gasteiger partial charge in [-0.15, -0.1) is 0 Å². The van der Waals surface area contributed by atoms with Crippen molar-refractivity contribution in [2.45, 2.75) is 19.8 Å². The molecule has 0 bridgehead atoms. The summed E-state index contributed by atoms with van der Waals surface area (Å²) >= 11 is 4.82. The fourth-order valence-corrected chi connectivity index (χ4v) is 2.15. The molecule has 0 saturated carbocycles. The third-order valence-corrected chi connectivity index (χ3v) is 3.11. The van der Waals surface area contributed by atoms with Gasteiger partial charge in [0.2, 0.25) is 0 Å². The summed E-state index contributed by atoms with van der Waals surface area (Å²) in [6, 6.07) is 4.91. The maximum Gasteiger partial charge on any atom is 0.273 e. The third kappa shape index (κ3) is 2.83. The van der Waals surface area contributed by atoms with E-state index in [-0.39, 0.29) is 28.3 Å². The standard InChI is InChI=1S/C13H13N3O3S/c1-7(2)9-4-3-8(6-11(9)16(18)19)5-10-12(17)15-13(20)14-10/h3-7H,1-2H3,(H2,14,15,17,20)/b10-5-. The summed E-state index contributed by atoms with van der Waals surface area (Å²) in [5, 5.41) is 16.5. The molecule has 0 aliphatic carbocycles. The van der Waals surface area contributed by atoms with E-state index >= 15 is 0 Å². The largest absolute Gasteiger partial charge is 0.328 e. The zero-order valence-corrected chi connectivity index (χ0v) is 11.8. The quantitative estimate of drug-likeness (QED) is 0.385. The number of rotatable bonds is 3. The van der Waals surface area contributed by atoms with Crippen LogP contribution in [0.15, 0.2) is 23.9 Å². The van der Waals surface area contributed by atoms with E-state index < -0.39 is 4.92 Å². The van der Waals surface area contributed by atoms with Gasteiger partial charge in [0.1, 0.15) is 5.70 Å². The predicted molar refractivity (Wildman–Crippen MR) is 79.0 cm³/mol. The van der Waals surface area contributed by atoms with Crippen LogP contribution in [0.4, 0.5) is 5.69 Å². The molecule has 20 heavy (non-hydrogen) atoms. The summed E-state index contributed by atoms with van der Waals surface area (Å²) < 4.78 is 0. The molecule has 0 spiro atoms. The van der Waals surface area contributed by atoms with Crippen molar-refractivity contribution in [3.05, 3.63) is 45.1 Å². The number of thiocarbonyl (C=S) groups is 1. The van der Waals surface area contributed by atoms with Crippen LogP contribution >= 0.6 is 12.2 Å². The minimum atomic E-state index is -0.413. The van der Waals surface area contributed by atoms with Crippen LogP contribution in [0.3, 0.4) is 0 Å². The van der Waals surface area contributed by atoms with E-state index in [1.807, 2.05) is 13.8 Å². The summed E-state index contributed by atoms with van der Waals surface area (Å²) in [5.41, 5.74) is 1.57. The van der Waals surface area contributed by atoms with Crippen LogP contribution < -0.4 is 10.6 Å². The van der Waals surface area contributed by atoms with Gasteiger partial charge < -0.3 is 5.32 Å². The van der Waals surface area contributed by atoms with E-state index in [4.69, 9.17) is 12.2 Å². The fraction of sp³-hybridized carbons (Fsp3) is 0.231. The number of carbonyl (C=O) groups is 1. The first-order valence-electron chi connectivity index (χ1n) is 6.01. The van der Waals surface area contributed by atoms with Crippen LogP contribution in [-0.2, 0) is 4.79 Å². The molecule has 1 saturated heterocycles. The fourth-order valence-electron chi connectivity index (χ4n) is 1.95. The second-order valence-electron chi connectivity index (χ2n) is 4.70. The topological polar surface area (TPSA) is 84.3 Å². The first-order chi connectivity index (χ1) is 9.38. The second kappa shape index (κ2) is 5.38. The molecule has 2 rings (SSSR count). The molecule has 0 aromatic heterocycles. The molecule has 0 atom stereocenters. The Balaban J connectivity index is 2.42. The minimum Gasteiger partial charge on any atom is -0.328 e. The first-order valence-corrected chi connectivity index (χ1v) is 6.41. The number of carbonyl (C=O) groups excluding carboxylic acids is 1. The normalized spacial score (nSPS) is 16.4. The molecular weight excluding hydrogens is 278 g/mol. The van der Waals surface area contributed by atoms with Crippen LogP contribution in [0, 0.1) is 10.1 Å². The van der Waals surface area contributed by atoms with Gasteiger partial charge >= 0.3 is 0 Å². The average Bonchev–Trinajstić information content (AvgIpc) is 2.67. The molecule has 104 valence electrons. The smallest absolute Gasteiger partial charge is 0.273 e. The Morgan fingerprint density at radius 3 is 2.55 bits per heavy atom. The maximum atomic E-state index is 11.5. The lowest BCUT2D eigenvalue weighted by atomic mass is 9.99. The lowest BCUT2D eigenvalue weighted by Crippen LogP contribution is -2.21. The van der Waals surface area contributed by atoms with Gasteiger partial charge in [-0.1, -0.05) is 26.0 Å². The Labute approximate surface area is 121 Å². The van der Waals surface area contributed by atoms with E-state index in [0.717, 1.165) is 0 Å². The Bertz CT molecular complexity index is 638. The molecule has 1 fully saturated rings. The SMILES string of the molecule is CC(C)c1ccc(/C=C2\NC(=S)NC2=O)cc1[N+](=O)[O-]. The highest BCUT2D eigenvalue weighted by molar-refractivity contribution is 7.80. The van der Waals surface area contributed by atoms with Crippen molar-refractivity contribution in [3.8, 4) is 0 Å². The molecule has 1 aromatic rings. The molecule has 1 aliphatic rings. The van der Waals surface area contributed by atoms with Crippen molar-refractivity contribution in [1.29, 1.82) is 0 Å². The summed E-state index contributed by atoms with van der Waals surface area (Å²) in [6.45, 7) is 3.79. The average molecular weight is 291 g/mol. The van der Waals surface area contributed by atoms with Crippen LogP contribution in [0.1, 0.15) is 30.9 Å². The van der Waals surface area contributed by atoms with Gasteiger partial charge in [-0.05, 0) is 29.8 Å². The monoisotopic (exact) mass is 291 g/mol. The Kier molecular flexibility index (Phi) is 3.80. The lowest BCUT2D eigenvalue weighted by Gasteiger charge is -2.07. The molecule has 0 radical (unpaired) electrons. The zero-order valence-electron chi connectivity index (χ0n) is 11.0. The number of nitro groups is 1. The Morgan fingerprint density at radius 1 is 1.35 bits per heavy atom. The molecule has 0 unspecified atom stereocenters. The van der Waals surface area contributed by atoms with E-state index in [9.17, 15) is 14.9 Å². The van der Waals surface area contributed by atoms with Crippen LogP contribution in [0.2, 0.25) is 0 Å². The molecular formula is C13H13N3O3S. The van der Waals surface area contributed by atoms with Gasteiger partial charge in [0.15, 0.2) is 5.11 Å². The molecule has 6 nitrogen and oxygen atoms in total. The summed E-state index contributed by atoms with van der Waals surface area (Å²) in [5.74, 6) is -0.289. The summed E-state index contributed by atoms with van der Waals surface area (Å²) in [7, 11) is 0. The number of nitro benzene ring substituents is 1. The lowest BCUT2D eigenvalue weighted by molar-refractivity contribution is -0.385. The molecule has 1 heterocycles. The number of benzene rings is 1. The van der Waals surface area contributed by atoms with E-state index in [0.29, 0.717) is 11.1 Å². The number of hydrogen-bond donors (Lipinski definition) is 2. The van der Waals surface area contributed by atoms with Gasteiger partial charge in [-0.25, -0.2) is 0 Å². The second-order valence-corrected chi connectivity index (χ2v) is 5.10. The number of nitrogens with zero attached hydrogens (tertiary/aromatic N) is 1. The minimum absolute atomic E-state index is 0.0512. The maximum absolute atomic E-state index is 11.5. The summed E-state index contributed by atoms with van der Waals surface area (Å²) in [4.78, 5) is 22.2.